The van der Waals surface area contributed by atoms with Crippen molar-refractivity contribution in [1.29, 1.82) is 0 Å². The Labute approximate surface area is 118 Å². The van der Waals surface area contributed by atoms with Crippen molar-refractivity contribution in [1.82, 2.24) is 4.90 Å². The van der Waals surface area contributed by atoms with Crippen LogP contribution in [0.15, 0.2) is 24.3 Å². The van der Waals surface area contributed by atoms with E-state index in [9.17, 15) is 9.59 Å². The van der Waals surface area contributed by atoms with E-state index in [0.717, 1.165) is 19.3 Å². The van der Waals surface area contributed by atoms with E-state index in [1.807, 2.05) is 0 Å². The van der Waals surface area contributed by atoms with Gasteiger partial charge in [0.15, 0.2) is 0 Å². The topological polar surface area (TPSA) is 89.4 Å². The summed E-state index contributed by atoms with van der Waals surface area (Å²) in [5, 5.41) is 0. The van der Waals surface area contributed by atoms with Crippen molar-refractivity contribution in [3.05, 3.63) is 35.4 Å². The van der Waals surface area contributed by atoms with Gasteiger partial charge < -0.3 is 16.4 Å². The second kappa shape index (κ2) is 6.05. The highest BCUT2D eigenvalue weighted by atomic mass is 16.2. The maximum Gasteiger partial charge on any atom is 0.253 e. The van der Waals surface area contributed by atoms with Gasteiger partial charge in [-0.15, -0.1) is 0 Å². The lowest BCUT2D eigenvalue weighted by molar-refractivity contribution is 0.0700. The molecule has 0 aromatic heterocycles. The predicted octanol–water partition coefficient (Wildman–Crippen LogP) is 0.985. The molecule has 0 bridgehead atoms. The van der Waals surface area contributed by atoms with Gasteiger partial charge in [0.2, 0.25) is 5.91 Å². The van der Waals surface area contributed by atoms with E-state index >= 15 is 0 Å². The summed E-state index contributed by atoms with van der Waals surface area (Å²) in [6.07, 6.45) is 3.16. The Morgan fingerprint density at radius 2 is 2.00 bits per heavy atom. The average molecular weight is 275 g/mol. The van der Waals surface area contributed by atoms with Gasteiger partial charge in [-0.05, 0) is 43.5 Å². The summed E-state index contributed by atoms with van der Waals surface area (Å²) in [5.74, 6) is -0.246. The first-order valence-electron chi connectivity index (χ1n) is 6.91. The first-order chi connectivity index (χ1) is 9.54. The van der Waals surface area contributed by atoms with Crippen LogP contribution in [0.2, 0.25) is 0 Å². The van der Waals surface area contributed by atoms with E-state index in [1.165, 1.54) is 0 Å². The van der Waals surface area contributed by atoms with Gasteiger partial charge in [-0.1, -0.05) is 12.5 Å². The molecule has 1 aromatic rings. The van der Waals surface area contributed by atoms with Crippen molar-refractivity contribution < 1.29 is 9.59 Å². The summed E-state index contributed by atoms with van der Waals surface area (Å²) in [6.45, 7) is 0.601. The second-order valence-electron chi connectivity index (χ2n) is 5.36. The third-order valence-corrected chi connectivity index (χ3v) is 4.13. The van der Waals surface area contributed by atoms with E-state index in [1.54, 1.807) is 36.2 Å². The monoisotopic (exact) mass is 275 g/mol. The number of rotatable bonds is 4. The van der Waals surface area contributed by atoms with E-state index in [0.29, 0.717) is 23.6 Å². The Morgan fingerprint density at radius 1 is 1.30 bits per heavy atom. The molecular formula is C15H21N3O2. The van der Waals surface area contributed by atoms with Crippen LogP contribution in [0.5, 0.6) is 0 Å². The van der Waals surface area contributed by atoms with Gasteiger partial charge in [-0.25, -0.2) is 0 Å². The van der Waals surface area contributed by atoms with Crippen molar-refractivity contribution in [2.45, 2.75) is 25.3 Å². The minimum Gasteiger partial charge on any atom is -0.366 e. The Kier molecular flexibility index (Phi) is 4.39. The molecule has 20 heavy (non-hydrogen) atoms. The molecule has 1 aliphatic rings. The molecular weight excluding hydrogens is 254 g/mol. The molecule has 5 nitrogen and oxygen atoms in total. The van der Waals surface area contributed by atoms with Crippen molar-refractivity contribution in [2.24, 2.45) is 17.4 Å². The molecule has 0 heterocycles. The second-order valence-corrected chi connectivity index (χ2v) is 5.36. The van der Waals surface area contributed by atoms with Crippen LogP contribution in [0.1, 0.15) is 40.0 Å². The molecule has 1 saturated carbocycles. The largest absolute Gasteiger partial charge is 0.366 e. The molecule has 2 amide bonds. The molecule has 1 aromatic carbocycles. The molecule has 1 fully saturated rings. The predicted molar refractivity (Wildman–Crippen MR) is 77.2 cm³/mol. The minimum absolute atomic E-state index is 0.0848. The summed E-state index contributed by atoms with van der Waals surface area (Å²) in [4.78, 5) is 25.4. The quantitative estimate of drug-likeness (QED) is 0.858. The third kappa shape index (κ3) is 2.82. The van der Waals surface area contributed by atoms with Crippen LogP contribution >= 0.6 is 0 Å². The van der Waals surface area contributed by atoms with Crippen molar-refractivity contribution in [2.75, 3.05) is 13.6 Å². The Bertz CT molecular complexity index is 516. The van der Waals surface area contributed by atoms with Gasteiger partial charge >= 0.3 is 0 Å². The lowest BCUT2D eigenvalue weighted by Crippen LogP contribution is -2.41. The Morgan fingerprint density at radius 3 is 2.65 bits per heavy atom. The number of nitrogens with zero attached hydrogens (tertiary/aromatic N) is 1. The minimum atomic E-state index is -0.525. The number of nitrogens with two attached hydrogens (primary N) is 2. The van der Waals surface area contributed by atoms with Crippen LogP contribution in [0, 0.1) is 5.92 Å². The zero-order valence-electron chi connectivity index (χ0n) is 11.7. The molecule has 0 radical (unpaired) electrons. The summed E-state index contributed by atoms with van der Waals surface area (Å²) in [5.41, 5.74) is 11.9. The maximum absolute atomic E-state index is 12.5. The number of primary amides is 1. The maximum atomic E-state index is 12.5. The zero-order chi connectivity index (χ0) is 14.7. The fraction of sp³-hybridized carbons (Fsp3) is 0.467. The standard InChI is InChI=1S/C15H21N3O2/c1-18(13-7-3-6-12(13)9-16)15(20)11-5-2-4-10(8-11)14(17)19/h2,4-5,8,12-13H,3,6-7,9,16H2,1H3,(H2,17,19). The molecule has 5 heteroatoms. The first-order valence-corrected chi connectivity index (χ1v) is 6.91. The van der Waals surface area contributed by atoms with E-state index in [-0.39, 0.29) is 11.9 Å². The van der Waals surface area contributed by atoms with Crippen molar-refractivity contribution in [3.63, 3.8) is 0 Å². The van der Waals surface area contributed by atoms with E-state index in [2.05, 4.69) is 0 Å². The summed E-state index contributed by atoms with van der Waals surface area (Å²) >= 11 is 0. The molecule has 108 valence electrons. The van der Waals surface area contributed by atoms with Gasteiger partial charge in [0.25, 0.3) is 5.91 Å². The molecule has 0 saturated heterocycles. The van der Waals surface area contributed by atoms with E-state index < -0.39 is 5.91 Å². The van der Waals surface area contributed by atoms with Crippen molar-refractivity contribution in [3.8, 4) is 0 Å². The molecule has 1 aliphatic carbocycles. The highest BCUT2D eigenvalue weighted by Crippen LogP contribution is 2.29. The van der Waals surface area contributed by atoms with Crippen molar-refractivity contribution >= 4 is 11.8 Å². The first kappa shape index (κ1) is 14.5. The van der Waals surface area contributed by atoms with Crippen LogP contribution in [0.25, 0.3) is 0 Å². The van der Waals surface area contributed by atoms with Crippen LogP contribution in [-0.2, 0) is 0 Å². The molecule has 0 spiro atoms. The van der Waals surface area contributed by atoms with Gasteiger partial charge in [-0.2, -0.15) is 0 Å². The van der Waals surface area contributed by atoms with Gasteiger partial charge in [-0.3, -0.25) is 9.59 Å². The number of benzene rings is 1. The number of hydrogen-bond donors (Lipinski definition) is 2. The van der Waals surface area contributed by atoms with Crippen LogP contribution in [0.3, 0.4) is 0 Å². The van der Waals surface area contributed by atoms with Gasteiger partial charge in [0.1, 0.15) is 0 Å². The fourth-order valence-electron chi connectivity index (χ4n) is 2.96. The lowest BCUT2D eigenvalue weighted by Gasteiger charge is -2.29. The number of amides is 2. The molecule has 2 unspecified atom stereocenters. The summed E-state index contributed by atoms with van der Waals surface area (Å²) in [6, 6.07) is 6.73. The average Bonchev–Trinajstić information content (AvgIpc) is 2.94. The normalized spacial score (nSPS) is 21.7. The summed E-state index contributed by atoms with van der Waals surface area (Å²) in [7, 11) is 1.80. The fourth-order valence-corrected chi connectivity index (χ4v) is 2.96. The van der Waals surface area contributed by atoms with Gasteiger partial charge in [0.05, 0.1) is 0 Å². The van der Waals surface area contributed by atoms with Gasteiger partial charge in [0, 0.05) is 24.2 Å². The summed E-state index contributed by atoms with van der Waals surface area (Å²) < 4.78 is 0. The smallest absolute Gasteiger partial charge is 0.253 e. The van der Waals surface area contributed by atoms with E-state index in [4.69, 9.17) is 11.5 Å². The number of carbonyl (C=O) groups is 2. The van der Waals surface area contributed by atoms with Crippen LogP contribution < -0.4 is 11.5 Å². The lowest BCUT2D eigenvalue weighted by atomic mass is 10.0. The highest BCUT2D eigenvalue weighted by Gasteiger charge is 2.32. The number of hydrogen-bond acceptors (Lipinski definition) is 3. The molecule has 2 rings (SSSR count). The number of carbonyl (C=O) groups excluding carboxylic acids is 2. The molecule has 4 N–H and O–H groups in total. The highest BCUT2D eigenvalue weighted by molar-refractivity contribution is 5.99. The molecule has 2 atom stereocenters. The van der Waals surface area contributed by atoms with Crippen LogP contribution in [0.4, 0.5) is 0 Å². The zero-order valence-corrected chi connectivity index (χ0v) is 11.7. The van der Waals surface area contributed by atoms with Crippen LogP contribution in [-0.4, -0.2) is 36.3 Å². The Hall–Kier alpha value is -1.88. The third-order valence-electron chi connectivity index (χ3n) is 4.13. The SMILES string of the molecule is CN(C(=O)c1cccc(C(N)=O)c1)C1CCCC1CN. The Balaban J connectivity index is 2.18. The molecule has 0 aliphatic heterocycles.